The van der Waals surface area contributed by atoms with Gasteiger partial charge in [0.2, 0.25) is 5.91 Å². The van der Waals surface area contributed by atoms with Crippen LogP contribution < -0.4 is 20.8 Å². The highest BCUT2D eigenvalue weighted by Gasteiger charge is 2.33. The average molecular weight is 439 g/mol. The van der Waals surface area contributed by atoms with Crippen LogP contribution in [0, 0.1) is 13.8 Å². The molecular formula is C21H21N5O4S. The zero-order chi connectivity index (χ0) is 22.3. The van der Waals surface area contributed by atoms with Gasteiger partial charge in [-0.25, -0.2) is 9.99 Å². The number of aromatic nitrogens is 1. The van der Waals surface area contributed by atoms with Gasteiger partial charge in [0.1, 0.15) is 28.5 Å². The molecule has 0 aliphatic carbocycles. The van der Waals surface area contributed by atoms with Crippen LogP contribution >= 0.6 is 11.3 Å². The highest BCUT2D eigenvalue weighted by molar-refractivity contribution is 7.21. The summed E-state index contributed by atoms with van der Waals surface area (Å²) >= 11 is 1.16. The highest BCUT2D eigenvalue weighted by atomic mass is 32.1. The first-order valence-corrected chi connectivity index (χ1v) is 10.3. The van der Waals surface area contributed by atoms with E-state index in [-0.39, 0.29) is 23.9 Å². The molecule has 1 aliphatic rings. The molecule has 0 radical (unpaired) electrons. The molecule has 1 fully saturated rings. The van der Waals surface area contributed by atoms with Crippen molar-refractivity contribution in [3.63, 3.8) is 0 Å². The first-order chi connectivity index (χ1) is 14.8. The average Bonchev–Trinajstić information content (AvgIpc) is 3.07. The van der Waals surface area contributed by atoms with Crippen molar-refractivity contribution in [1.82, 2.24) is 15.4 Å². The molecule has 3 amide bonds. The molecule has 31 heavy (non-hydrogen) atoms. The molecule has 2 aromatic heterocycles. The quantitative estimate of drug-likeness (QED) is 0.642. The summed E-state index contributed by atoms with van der Waals surface area (Å²) in [6.45, 7) is 3.28. The van der Waals surface area contributed by atoms with Crippen molar-refractivity contribution in [2.24, 2.45) is 0 Å². The van der Waals surface area contributed by atoms with Crippen LogP contribution in [0.5, 0.6) is 5.75 Å². The minimum absolute atomic E-state index is 0.200. The van der Waals surface area contributed by atoms with Gasteiger partial charge in [0, 0.05) is 22.8 Å². The third-order valence-electron chi connectivity index (χ3n) is 5.02. The van der Waals surface area contributed by atoms with Crippen molar-refractivity contribution in [2.75, 3.05) is 30.8 Å². The van der Waals surface area contributed by atoms with E-state index in [2.05, 4.69) is 10.4 Å². The zero-order valence-corrected chi connectivity index (χ0v) is 18.1. The summed E-state index contributed by atoms with van der Waals surface area (Å²) < 4.78 is 5.18. The topological polar surface area (TPSA) is 118 Å². The van der Waals surface area contributed by atoms with Crippen LogP contribution in [0.4, 0.5) is 11.4 Å². The lowest BCUT2D eigenvalue weighted by Crippen LogP contribution is -2.59. The molecule has 3 N–H and O–H groups in total. The fraction of sp³-hybridized carbons (Fsp3) is 0.238. The molecule has 160 valence electrons. The van der Waals surface area contributed by atoms with Gasteiger partial charge in [-0.2, -0.15) is 0 Å². The molecular weight excluding hydrogens is 418 g/mol. The summed E-state index contributed by atoms with van der Waals surface area (Å²) in [4.78, 5) is 44.9. The van der Waals surface area contributed by atoms with E-state index in [0.29, 0.717) is 22.0 Å². The minimum Gasteiger partial charge on any atom is -0.497 e. The standard InChI is InChI=1S/C21H21N5O4S/c1-11-7-12(2)23-21-17(11)18(22)19(31-21)20(29)24-26-10-15(27)25(9-16(26)28)13-5-4-6-14(8-13)30-3/h4-8H,9-10,22H2,1-3H3,(H,24,29). The number of hydrazine groups is 1. The van der Waals surface area contributed by atoms with E-state index in [1.54, 1.807) is 24.3 Å². The number of nitrogens with zero attached hydrogens (tertiary/aromatic N) is 3. The molecule has 10 heteroatoms. The fourth-order valence-electron chi connectivity index (χ4n) is 3.54. The fourth-order valence-corrected chi connectivity index (χ4v) is 4.65. The Labute approximate surface area is 182 Å². The number of nitrogens with one attached hydrogen (secondary N) is 1. The second-order valence-electron chi connectivity index (χ2n) is 7.21. The van der Waals surface area contributed by atoms with Gasteiger partial charge in [-0.3, -0.25) is 19.8 Å². The van der Waals surface area contributed by atoms with Gasteiger partial charge in [-0.15, -0.1) is 11.3 Å². The van der Waals surface area contributed by atoms with Gasteiger partial charge in [-0.1, -0.05) is 6.07 Å². The summed E-state index contributed by atoms with van der Waals surface area (Å²) in [5.74, 6) is -0.715. The third kappa shape index (κ3) is 3.77. The van der Waals surface area contributed by atoms with Crippen LogP contribution in [-0.4, -0.2) is 47.9 Å². The Kier molecular flexibility index (Phi) is 5.24. The number of pyridine rings is 1. The number of hydrogen-bond acceptors (Lipinski definition) is 7. The molecule has 0 unspecified atom stereocenters. The van der Waals surface area contributed by atoms with Gasteiger partial charge in [-0.05, 0) is 37.6 Å². The van der Waals surface area contributed by atoms with Gasteiger partial charge < -0.3 is 15.4 Å². The van der Waals surface area contributed by atoms with E-state index >= 15 is 0 Å². The molecule has 9 nitrogen and oxygen atoms in total. The van der Waals surface area contributed by atoms with E-state index in [4.69, 9.17) is 10.5 Å². The van der Waals surface area contributed by atoms with Gasteiger partial charge in [0.25, 0.3) is 11.8 Å². The lowest BCUT2D eigenvalue weighted by Gasteiger charge is -2.33. The summed E-state index contributed by atoms with van der Waals surface area (Å²) in [5.41, 5.74) is 11.3. The number of benzene rings is 1. The SMILES string of the molecule is COc1cccc(N2CC(=O)N(NC(=O)c3sc4nc(C)cc(C)c4c3N)CC2=O)c1. The Hall–Kier alpha value is -3.66. The maximum absolute atomic E-state index is 12.8. The molecule has 3 aromatic rings. The maximum atomic E-state index is 12.8. The summed E-state index contributed by atoms with van der Waals surface area (Å²) in [6.07, 6.45) is 0. The second kappa shape index (κ2) is 7.88. The van der Waals surface area contributed by atoms with Crippen LogP contribution in [0.25, 0.3) is 10.2 Å². The van der Waals surface area contributed by atoms with Crippen molar-refractivity contribution in [2.45, 2.75) is 13.8 Å². The van der Waals surface area contributed by atoms with Crippen LogP contribution in [0.2, 0.25) is 0 Å². The molecule has 0 bridgehead atoms. The number of aryl methyl sites for hydroxylation is 2. The summed E-state index contributed by atoms with van der Waals surface area (Å²) in [7, 11) is 1.53. The number of carbonyl (C=O) groups excluding carboxylic acids is 3. The van der Waals surface area contributed by atoms with Crippen LogP contribution in [0.15, 0.2) is 30.3 Å². The lowest BCUT2D eigenvalue weighted by atomic mass is 10.1. The normalized spacial score (nSPS) is 14.3. The molecule has 1 saturated heterocycles. The van der Waals surface area contributed by atoms with E-state index in [1.807, 2.05) is 19.9 Å². The van der Waals surface area contributed by atoms with Crippen molar-refractivity contribution >= 4 is 50.6 Å². The number of methoxy groups -OCH3 is 1. The highest BCUT2D eigenvalue weighted by Crippen LogP contribution is 2.35. The Morgan fingerprint density at radius 2 is 1.97 bits per heavy atom. The number of anilines is 2. The Balaban J connectivity index is 1.53. The Bertz CT molecular complexity index is 1220. The number of rotatable bonds is 4. The predicted octanol–water partition coefficient (Wildman–Crippen LogP) is 2.02. The molecule has 1 aromatic carbocycles. The number of carbonyl (C=O) groups is 3. The van der Waals surface area contributed by atoms with E-state index in [9.17, 15) is 14.4 Å². The number of thiophene rings is 1. The number of nitrogens with two attached hydrogens (primary N) is 1. The number of fused-ring (bicyclic) bond motifs is 1. The first kappa shape index (κ1) is 20.6. The van der Waals surface area contributed by atoms with Crippen LogP contribution in [0.3, 0.4) is 0 Å². The number of hydrogen-bond donors (Lipinski definition) is 2. The van der Waals surface area contributed by atoms with Crippen LogP contribution in [0.1, 0.15) is 20.9 Å². The number of nitrogen functional groups attached to an aromatic ring is 1. The summed E-state index contributed by atoms with van der Waals surface area (Å²) in [5, 5.41) is 1.75. The smallest absolute Gasteiger partial charge is 0.282 e. The summed E-state index contributed by atoms with van der Waals surface area (Å²) in [6, 6.07) is 8.78. The minimum atomic E-state index is -0.548. The molecule has 4 rings (SSSR count). The maximum Gasteiger partial charge on any atom is 0.282 e. The van der Waals surface area contributed by atoms with E-state index < -0.39 is 11.8 Å². The Morgan fingerprint density at radius 3 is 2.71 bits per heavy atom. The zero-order valence-electron chi connectivity index (χ0n) is 17.3. The first-order valence-electron chi connectivity index (χ1n) is 9.50. The molecule has 0 saturated carbocycles. The van der Waals surface area contributed by atoms with Crippen molar-refractivity contribution in [3.8, 4) is 5.75 Å². The second-order valence-corrected chi connectivity index (χ2v) is 8.21. The molecule has 0 atom stereocenters. The predicted molar refractivity (Wildman–Crippen MR) is 118 cm³/mol. The van der Waals surface area contributed by atoms with E-state index in [1.165, 1.54) is 12.0 Å². The van der Waals surface area contributed by atoms with Crippen molar-refractivity contribution < 1.29 is 19.1 Å². The molecule has 1 aliphatic heterocycles. The van der Waals surface area contributed by atoms with Gasteiger partial charge in [0.15, 0.2) is 0 Å². The number of ether oxygens (including phenoxy) is 1. The largest absolute Gasteiger partial charge is 0.497 e. The number of amides is 3. The lowest BCUT2D eigenvalue weighted by molar-refractivity contribution is -0.140. The van der Waals surface area contributed by atoms with Crippen LogP contribution in [-0.2, 0) is 9.59 Å². The molecule has 0 spiro atoms. The Morgan fingerprint density at radius 1 is 1.19 bits per heavy atom. The third-order valence-corrected chi connectivity index (χ3v) is 6.12. The van der Waals surface area contributed by atoms with Gasteiger partial charge >= 0.3 is 0 Å². The van der Waals surface area contributed by atoms with E-state index in [0.717, 1.165) is 33.0 Å². The monoisotopic (exact) mass is 439 g/mol. The number of piperazine rings is 1. The molecule has 3 heterocycles. The van der Waals surface area contributed by atoms with Gasteiger partial charge in [0.05, 0.1) is 12.8 Å². The van der Waals surface area contributed by atoms with Crippen molar-refractivity contribution in [3.05, 3.63) is 46.5 Å². The van der Waals surface area contributed by atoms with Crippen molar-refractivity contribution in [1.29, 1.82) is 0 Å².